The van der Waals surface area contributed by atoms with Gasteiger partial charge in [0.2, 0.25) is 0 Å². The Kier molecular flexibility index (Phi) is 4.52. The highest BCUT2D eigenvalue weighted by molar-refractivity contribution is 5.98. The van der Waals surface area contributed by atoms with Gasteiger partial charge >= 0.3 is 12.2 Å². The van der Waals surface area contributed by atoms with Crippen LogP contribution in [-0.2, 0) is 9.47 Å². The summed E-state index contributed by atoms with van der Waals surface area (Å²) in [7, 11) is 1.55. The van der Waals surface area contributed by atoms with Gasteiger partial charge < -0.3 is 14.2 Å². The molecular formula is C21H26N4O5. The highest BCUT2D eigenvalue weighted by Crippen LogP contribution is 2.44. The number of nitrogens with zero attached hydrogens (tertiary/aromatic N) is 4. The monoisotopic (exact) mass is 414 g/mol. The Hall–Kier alpha value is -3.10. The molecule has 0 aliphatic carbocycles. The third kappa shape index (κ3) is 3.18. The standard InChI is InChI=1S/C21H26N4O5/c1-12-14-7-16(17(28-6)8-15(14)23-11-22-12)25-13(2)21(30-19(25)27)9-24(10-21)18(26)29-20(3,4)5/h7-8,11,13H,9-10H2,1-6H3. The first-order chi connectivity index (χ1) is 14.0. The zero-order valence-corrected chi connectivity index (χ0v) is 18.1. The van der Waals surface area contributed by atoms with Crippen LogP contribution in [-0.4, -0.2) is 64.5 Å². The summed E-state index contributed by atoms with van der Waals surface area (Å²) in [6.07, 6.45) is 0.613. The number of anilines is 1. The van der Waals surface area contributed by atoms with Gasteiger partial charge in [-0.05, 0) is 40.7 Å². The summed E-state index contributed by atoms with van der Waals surface area (Å²) in [4.78, 5) is 36.8. The van der Waals surface area contributed by atoms with Gasteiger partial charge in [-0.1, -0.05) is 0 Å². The summed E-state index contributed by atoms with van der Waals surface area (Å²) in [6.45, 7) is 9.81. The van der Waals surface area contributed by atoms with E-state index in [1.54, 1.807) is 23.0 Å². The number of methoxy groups -OCH3 is 1. The first-order valence-electron chi connectivity index (χ1n) is 9.84. The number of fused-ring (bicyclic) bond motifs is 1. The molecule has 4 rings (SSSR count). The summed E-state index contributed by atoms with van der Waals surface area (Å²) in [6, 6.07) is 3.34. The SMILES string of the molecule is COc1cc2ncnc(C)c2cc1N1C(=O)OC2(CN(C(=O)OC(C)(C)C)C2)C1C. The molecule has 0 saturated carbocycles. The predicted octanol–water partition coefficient (Wildman–Crippen LogP) is 3.28. The van der Waals surface area contributed by atoms with Gasteiger partial charge in [0.05, 0.1) is 37.4 Å². The van der Waals surface area contributed by atoms with Gasteiger partial charge in [0.25, 0.3) is 0 Å². The molecule has 9 heteroatoms. The lowest BCUT2D eigenvalue weighted by atomic mass is 9.87. The van der Waals surface area contributed by atoms with Crippen LogP contribution in [0.5, 0.6) is 5.75 Å². The zero-order chi connectivity index (χ0) is 21.8. The molecule has 0 bridgehead atoms. The molecule has 1 aromatic heterocycles. The van der Waals surface area contributed by atoms with Crippen LogP contribution in [0.2, 0.25) is 0 Å². The fraction of sp³-hybridized carbons (Fsp3) is 0.524. The summed E-state index contributed by atoms with van der Waals surface area (Å²) >= 11 is 0. The fourth-order valence-corrected chi connectivity index (χ4v) is 3.95. The van der Waals surface area contributed by atoms with Crippen LogP contribution < -0.4 is 9.64 Å². The number of aryl methyl sites for hydroxylation is 1. The van der Waals surface area contributed by atoms with Gasteiger partial charge in [-0.3, -0.25) is 9.80 Å². The summed E-state index contributed by atoms with van der Waals surface area (Å²) in [5, 5.41) is 0.832. The van der Waals surface area contributed by atoms with Crippen molar-refractivity contribution in [3.8, 4) is 5.75 Å². The third-order valence-electron chi connectivity index (χ3n) is 5.60. The molecule has 0 N–H and O–H groups in total. The Morgan fingerprint density at radius 2 is 1.97 bits per heavy atom. The molecule has 2 amide bonds. The van der Waals surface area contributed by atoms with E-state index in [9.17, 15) is 9.59 Å². The summed E-state index contributed by atoms with van der Waals surface area (Å²) < 4.78 is 16.7. The molecule has 1 atom stereocenters. The maximum atomic E-state index is 12.9. The number of carbonyl (C=O) groups excluding carboxylic acids is 2. The van der Waals surface area contributed by atoms with Crippen molar-refractivity contribution in [1.29, 1.82) is 0 Å². The van der Waals surface area contributed by atoms with Crippen LogP contribution in [0, 0.1) is 6.92 Å². The van der Waals surface area contributed by atoms with Crippen LogP contribution in [0.15, 0.2) is 18.5 Å². The smallest absolute Gasteiger partial charge is 0.415 e. The lowest BCUT2D eigenvalue weighted by Crippen LogP contribution is -2.68. The number of benzene rings is 1. The molecule has 2 fully saturated rings. The summed E-state index contributed by atoms with van der Waals surface area (Å²) in [5.74, 6) is 0.518. The van der Waals surface area contributed by atoms with Crippen LogP contribution in [0.1, 0.15) is 33.4 Å². The third-order valence-corrected chi connectivity index (χ3v) is 5.60. The van der Waals surface area contributed by atoms with Gasteiger partial charge in [0.1, 0.15) is 17.7 Å². The number of ether oxygens (including phenoxy) is 3. The second-order valence-electron chi connectivity index (χ2n) is 8.82. The predicted molar refractivity (Wildman–Crippen MR) is 110 cm³/mol. The van der Waals surface area contributed by atoms with E-state index in [0.717, 1.165) is 16.6 Å². The maximum absolute atomic E-state index is 12.9. The Morgan fingerprint density at radius 3 is 2.60 bits per heavy atom. The maximum Gasteiger partial charge on any atom is 0.415 e. The van der Waals surface area contributed by atoms with Crippen molar-refractivity contribution >= 4 is 28.8 Å². The van der Waals surface area contributed by atoms with Gasteiger partial charge in [-0.2, -0.15) is 0 Å². The molecule has 1 spiro atoms. The minimum Gasteiger partial charge on any atom is -0.494 e. The van der Waals surface area contributed by atoms with Crippen LogP contribution in [0.4, 0.5) is 15.3 Å². The largest absolute Gasteiger partial charge is 0.494 e. The molecule has 1 unspecified atom stereocenters. The van der Waals surface area contributed by atoms with Crippen molar-refractivity contribution in [2.75, 3.05) is 25.1 Å². The number of rotatable bonds is 2. The van der Waals surface area contributed by atoms with Gasteiger partial charge in [0.15, 0.2) is 5.60 Å². The van der Waals surface area contributed by atoms with Crippen molar-refractivity contribution in [3.05, 3.63) is 24.2 Å². The second-order valence-corrected chi connectivity index (χ2v) is 8.82. The van der Waals surface area contributed by atoms with Crippen molar-refractivity contribution in [3.63, 3.8) is 0 Å². The fourth-order valence-electron chi connectivity index (χ4n) is 3.95. The quantitative estimate of drug-likeness (QED) is 0.744. The van der Waals surface area contributed by atoms with E-state index < -0.39 is 23.4 Å². The molecule has 9 nitrogen and oxygen atoms in total. The Labute approximate surface area is 174 Å². The molecule has 2 aliphatic rings. The number of carbonyl (C=O) groups is 2. The molecule has 2 aromatic rings. The van der Waals surface area contributed by atoms with Crippen LogP contribution >= 0.6 is 0 Å². The van der Waals surface area contributed by atoms with E-state index in [1.807, 2.05) is 40.7 Å². The molecule has 30 heavy (non-hydrogen) atoms. The number of hydrogen-bond acceptors (Lipinski definition) is 7. The molecule has 1 aromatic carbocycles. The minimum atomic E-state index is -0.782. The lowest BCUT2D eigenvalue weighted by Gasteiger charge is -2.48. The van der Waals surface area contributed by atoms with E-state index in [4.69, 9.17) is 14.2 Å². The highest BCUT2D eigenvalue weighted by Gasteiger charge is 2.61. The van der Waals surface area contributed by atoms with Crippen LogP contribution in [0.25, 0.3) is 10.9 Å². The average molecular weight is 414 g/mol. The van der Waals surface area contributed by atoms with Crippen LogP contribution in [0.3, 0.4) is 0 Å². The van der Waals surface area contributed by atoms with Gasteiger partial charge in [-0.25, -0.2) is 19.6 Å². The van der Waals surface area contributed by atoms with Crippen molar-refractivity contribution in [2.45, 2.75) is 51.9 Å². The lowest BCUT2D eigenvalue weighted by molar-refractivity contribution is -0.0899. The number of aromatic nitrogens is 2. The number of amides is 2. The van der Waals surface area contributed by atoms with Crippen molar-refractivity contribution < 1.29 is 23.8 Å². The van der Waals surface area contributed by atoms with Crippen molar-refractivity contribution in [1.82, 2.24) is 14.9 Å². The molecule has 3 heterocycles. The molecular weight excluding hydrogens is 388 g/mol. The zero-order valence-electron chi connectivity index (χ0n) is 18.1. The Bertz CT molecular complexity index is 1030. The van der Waals surface area contributed by atoms with E-state index >= 15 is 0 Å². The first-order valence-corrected chi connectivity index (χ1v) is 9.84. The number of hydrogen-bond donors (Lipinski definition) is 0. The Morgan fingerprint density at radius 1 is 1.27 bits per heavy atom. The molecule has 2 saturated heterocycles. The minimum absolute atomic E-state index is 0.281. The highest BCUT2D eigenvalue weighted by atomic mass is 16.6. The number of likely N-dealkylation sites (tertiary alicyclic amines) is 1. The molecule has 160 valence electrons. The molecule has 0 radical (unpaired) electrons. The normalized spacial score (nSPS) is 20.3. The van der Waals surface area contributed by atoms with E-state index in [0.29, 0.717) is 11.4 Å². The Balaban J connectivity index is 1.62. The summed E-state index contributed by atoms with van der Waals surface area (Å²) in [5.41, 5.74) is 0.766. The second kappa shape index (κ2) is 6.72. The van der Waals surface area contributed by atoms with Gasteiger partial charge in [-0.15, -0.1) is 0 Å². The molecule has 2 aliphatic heterocycles. The van der Waals surface area contributed by atoms with E-state index in [2.05, 4.69) is 9.97 Å². The van der Waals surface area contributed by atoms with E-state index in [1.165, 1.54) is 6.33 Å². The average Bonchev–Trinajstić information content (AvgIpc) is 2.89. The topological polar surface area (TPSA) is 94.1 Å². The van der Waals surface area contributed by atoms with E-state index in [-0.39, 0.29) is 19.1 Å². The van der Waals surface area contributed by atoms with Gasteiger partial charge in [0, 0.05) is 17.1 Å². The first kappa shape index (κ1) is 20.2. The van der Waals surface area contributed by atoms with Crippen molar-refractivity contribution in [2.24, 2.45) is 0 Å².